The van der Waals surface area contributed by atoms with Crippen LogP contribution in [0.25, 0.3) is 0 Å². The predicted octanol–water partition coefficient (Wildman–Crippen LogP) is 5.80. The Kier molecular flexibility index (Phi) is 6.42. The van der Waals surface area contributed by atoms with Crippen LogP contribution >= 0.6 is 66.6 Å². The maximum Gasteiger partial charge on any atom is 0.234 e. The fraction of sp³-hybridized carbons (Fsp3) is 0.154. The van der Waals surface area contributed by atoms with Gasteiger partial charge < -0.3 is 5.32 Å². The summed E-state index contributed by atoms with van der Waals surface area (Å²) in [7, 11) is 0. The smallest absolute Gasteiger partial charge is 0.234 e. The van der Waals surface area contributed by atoms with Crippen LogP contribution in [0.5, 0.6) is 0 Å². The molecule has 0 fully saturated rings. The summed E-state index contributed by atoms with van der Waals surface area (Å²) in [6.45, 7) is 0. The largest absolute Gasteiger partial charge is 0.324 e. The standard InChI is InChI=1S/C13H10Br2ClNOS2/c14-8-1-3-11(10(15)5-8)17-13(18)7-19-6-9-2-4-12(16)20-9/h1-5H,6-7H2,(H,17,18). The van der Waals surface area contributed by atoms with E-state index in [0.717, 1.165) is 24.7 Å². The maximum atomic E-state index is 11.9. The summed E-state index contributed by atoms with van der Waals surface area (Å²) in [5.74, 6) is 1.20. The Morgan fingerprint density at radius 3 is 2.75 bits per heavy atom. The maximum absolute atomic E-state index is 11.9. The van der Waals surface area contributed by atoms with E-state index in [-0.39, 0.29) is 5.91 Å². The molecule has 0 aliphatic rings. The van der Waals surface area contributed by atoms with Crippen LogP contribution in [0.1, 0.15) is 4.88 Å². The summed E-state index contributed by atoms with van der Waals surface area (Å²) >= 11 is 15.8. The molecule has 1 heterocycles. The number of anilines is 1. The molecule has 2 aromatic rings. The van der Waals surface area contributed by atoms with Gasteiger partial charge in [0.25, 0.3) is 0 Å². The lowest BCUT2D eigenvalue weighted by Gasteiger charge is -2.07. The van der Waals surface area contributed by atoms with E-state index in [1.807, 2.05) is 30.3 Å². The first-order chi connectivity index (χ1) is 9.54. The average Bonchev–Trinajstić information content (AvgIpc) is 2.79. The Morgan fingerprint density at radius 2 is 2.10 bits per heavy atom. The molecule has 106 valence electrons. The van der Waals surface area contributed by atoms with Crippen molar-refractivity contribution < 1.29 is 4.79 Å². The monoisotopic (exact) mass is 453 g/mol. The average molecular weight is 456 g/mol. The minimum absolute atomic E-state index is 0.0133. The van der Waals surface area contributed by atoms with Crippen LogP contribution in [0.15, 0.2) is 39.3 Å². The van der Waals surface area contributed by atoms with E-state index in [4.69, 9.17) is 11.6 Å². The number of hydrogen-bond acceptors (Lipinski definition) is 3. The van der Waals surface area contributed by atoms with Crippen molar-refractivity contribution in [1.82, 2.24) is 0 Å². The number of benzene rings is 1. The zero-order chi connectivity index (χ0) is 14.5. The van der Waals surface area contributed by atoms with Crippen LogP contribution in [0, 0.1) is 0 Å². The van der Waals surface area contributed by atoms with Crippen molar-refractivity contribution in [1.29, 1.82) is 0 Å². The molecule has 0 bridgehead atoms. The predicted molar refractivity (Wildman–Crippen MR) is 96.0 cm³/mol. The Balaban J connectivity index is 1.80. The van der Waals surface area contributed by atoms with Crippen LogP contribution in [-0.4, -0.2) is 11.7 Å². The highest BCUT2D eigenvalue weighted by molar-refractivity contribution is 9.11. The number of thiophene rings is 1. The van der Waals surface area contributed by atoms with Gasteiger partial charge in [0.05, 0.1) is 15.8 Å². The van der Waals surface area contributed by atoms with Crippen LogP contribution in [0.3, 0.4) is 0 Å². The lowest BCUT2D eigenvalue weighted by Crippen LogP contribution is -2.14. The highest BCUT2D eigenvalue weighted by atomic mass is 79.9. The number of amides is 1. The van der Waals surface area contributed by atoms with E-state index in [2.05, 4.69) is 37.2 Å². The van der Waals surface area contributed by atoms with Crippen LogP contribution in [-0.2, 0) is 10.5 Å². The van der Waals surface area contributed by atoms with Gasteiger partial charge in [0.2, 0.25) is 5.91 Å². The second-order valence-electron chi connectivity index (χ2n) is 3.87. The second kappa shape index (κ2) is 7.84. The molecule has 0 saturated heterocycles. The van der Waals surface area contributed by atoms with Gasteiger partial charge in [-0.1, -0.05) is 27.5 Å². The van der Waals surface area contributed by atoms with Crippen molar-refractivity contribution in [3.05, 3.63) is 48.5 Å². The first-order valence-corrected chi connectivity index (χ1v) is 9.55. The third kappa shape index (κ3) is 5.07. The summed E-state index contributed by atoms with van der Waals surface area (Å²) in [4.78, 5) is 13.0. The van der Waals surface area contributed by atoms with Crippen LogP contribution in [0.2, 0.25) is 4.34 Å². The number of halogens is 3. The van der Waals surface area contributed by atoms with E-state index in [0.29, 0.717) is 5.75 Å². The van der Waals surface area contributed by atoms with Gasteiger partial charge in [-0.25, -0.2) is 0 Å². The number of carbonyl (C=O) groups is 1. The van der Waals surface area contributed by atoms with Gasteiger partial charge in [-0.05, 0) is 46.3 Å². The SMILES string of the molecule is O=C(CSCc1ccc(Cl)s1)Nc1ccc(Br)cc1Br. The zero-order valence-corrected chi connectivity index (χ0v) is 15.7. The van der Waals surface area contributed by atoms with Crippen molar-refractivity contribution in [2.75, 3.05) is 11.1 Å². The van der Waals surface area contributed by atoms with Gasteiger partial charge in [-0.2, -0.15) is 0 Å². The van der Waals surface area contributed by atoms with Gasteiger partial charge in [0, 0.05) is 19.6 Å². The molecule has 1 N–H and O–H groups in total. The second-order valence-corrected chi connectivity index (χ2v) is 8.43. The summed E-state index contributed by atoms with van der Waals surface area (Å²) in [5.41, 5.74) is 0.776. The number of rotatable bonds is 5. The Labute approximate surface area is 147 Å². The summed E-state index contributed by atoms with van der Waals surface area (Å²) in [6, 6.07) is 9.51. The molecule has 7 heteroatoms. The third-order valence-corrected chi connectivity index (χ3v) is 5.86. The van der Waals surface area contributed by atoms with Crippen molar-refractivity contribution in [3.63, 3.8) is 0 Å². The Bertz CT molecular complexity index is 618. The molecule has 20 heavy (non-hydrogen) atoms. The minimum atomic E-state index is -0.0133. The molecule has 0 saturated carbocycles. The highest BCUT2D eigenvalue weighted by Gasteiger charge is 2.07. The molecule has 1 amide bonds. The fourth-order valence-electron chi connectivity index (χ4n) is 1.45. The Hall–Kier alpha value is -0.0100. The molecule has 1 aromatic carbocycles. The molecule has 0 spiro atoms. The summed E-state index contributed by atoms with van der Waals surface area (Å²) < 4.78 is 2.60. The fourth-order valence-corrected chi connectivity index (χ4v) is 4.62. The van der Waals surface area contributed by atoms with Gasteiger partial charge >= 0.3 is 0 Å². The number of thioether (sulfide) groups is 1. The van der Waals surface area contributed by atoms with E-state index in [9.17, 15) is 4.79 Å². The Morgan fingerprint density at radius 1 is 1.30 bits per heavy atom. The van der Waals surface area contributed by atoms with Gasteiger partial charge in [0.1, 0.15) is 0 Å². The lowest BCUT2D eigenvalue weighted by atomic mass is 10.3. The van der Waals surface area contributed by atoms with E-state index >= 15 is 0 Å². The molecule has 1 aromatic heterocycles. The van der Waals surface area contributed by atoms with E-state index in [1.165, 1.54) is 4.88 Å². The number of hydrogen-bond donors (Lipinski definition) is 1. The minimum Gasteiger partial charge on any atom is -0.324 e. The van der Waals surface area contributed by atoms with E-state index < -0.39 is 0 Å². The van der Waals surface area contributed by atoms with Crippen molar-refractivity contribution in [2.45, 2.75) is 5.75 Å². The van der Waals surface area contributed by atoms with Crippen molar-refractivity contribution in [3.8, 4) is 0 Å². The molecule has 0 radical (unpaired) electrons. The van der Waals surface area contributed by atoms with Crippen LogP contribution < -0.4 is 5.32 Å². The molecular weight excluding hydrogens is 446 g/mol. The molecular formula is C13H10Br2ClNOS2. The number of carbonyl (C=O) groups excluding carboxylic acids is 1. The van der Waals surface area contributed by atoms with Crippen molar-refractivity contribution in [2.24, 2.45) is 0 Å². The van der Waals surface area contributed by atoms with E-state index in [1.54, 1.807) is 23.1 Å². The highest BCUT2D eigenvalue weighted by Crippen LogP contribution is 2.27. The van der Waals surface area contributed by atoms with Gasteiger partial charge in [-0.15, -0.1) is 23.1 Å². The molecule has 0 atom stereocenters. The van der Waals surface area contributed by atoms with Crippen LogP contribution in [0.4, 0.5) is 5.69 Å². The third-order valence-electron chi connectivity index (χ3n) is 2.31. The lowest BCUT2D eigenvalue weighted by molar-refractivity contribution is -0.113. The topological polar surface area (TPSA) is 29.1 Å². The summed E-state index contributed by atoms with van der Waals surface area (Å²) in [6.07, 6.45) is 0. The number of nitrogens with one attached hydrogen (secondary N) is 1. The molecule has 2 nitrogen and oxygen atoms in total. The summed E-state index contributed by atoms with van der Waals surface area (Å²) in [5, 5.41) is 2.88. The molecule has 2 rings (SSSR count). The van der Waals surface area contributed by atoms with Crippen molar-refractivity contribution >= 4 is 78.2 Å². The molecule has 0 aliphatic carbocycles. The van der Waals surface area contributed by atoms with Gasteiger partial charge in [-0.3, -0.25) is 4.79 Å². The zero-order valence-electron chi connectivity index (χ0n) is 10.2. The normalized spacial score (nSPS) is 10.6. The molecule has 0 unspecified atom stereocenters. The first kappa shape index (κ1) is 16.4. The van der Waals surface area contributed by atoms with Gasteiger partial charge in [0.15, 0.2) is 0 Å². The quantitative estimate of drug-likeness (QED) is 0.618. The molecule has 0 aliphatic heterocycles. The first-order valence-electron chi connectivity index (χ1n) is 5.61.